The Hall–Kier alpha value is -1.91. The van der Waals surface area contributed by atoms with E-state index in [9.17, 15) is 4.79 Å². The summed E-state index contributed by atoms with van der Waals surface area (Å²) in [7, 11) is 1.71. The smallest absolute Gasteiger partial charge is 0.258 e. The van der Waals surface area contributed by atoms with E-state index in [4.69, 9.17) is 9.39 Å². The minimum Gasteiger partial charge on any atom is -0.436 e. The topological polar surface area (TPSA) is 35.5 Å². The van der Waals surface area contributed by atoms with Crippen LogP contribution in [-0.2, 0) is 21.2 Å². The zero-order valence-electron chi connectivity index (χ0n) is 19.1. The maximum atomic E-state index is 13.3. The maximum absolute atomic E-state index is 13.3. The fourth-order valence-electron chi connectivity index (χ4n) is 3.70. The zero-order valence-corrected chi connectivity index (χ0v) is 19.1. The van der Waals surface area contributed by atoms with Crippen LogP contribution < -0.4 is 0 Å². The van der Waals surface area contributed by atoms with Crippen molar-refractivity contribution in [2.75, 3.05) is 6.61 Å². The molecule has 0 aromatic heterocycles. The molecular formula is C25H33BO3. The van der Waals surface area contributed by atoms with Crippen LogP contribution in [0.5, 0.6) is 0 Å². The predicted octanol–water partition coefficient (Wildman–Crippen LogP) is 4.88. The van der Waals surface area contributed by atoms with Crippen LogP contribution in [0.1, 0.15) is 75.5 Å². The summed E-state index contributed by atoms with van der Waals surface area (Å²) < 4.78 is 11.8. The Balaban J connectivity index is 1.86. The minimum atomic E-state index is -0.436. The Morgan fingerprint density at radius 2 is 1.55 bits per heavy atom. The Kier molecular flexibility index (Phi) is 5.57. The van der Waals surface area contributed by atoms with E-state index in [0.29, 0.717) is 13.0 Å². The van der Waals surface area contributed by atoms with Crippen molar-refractivity contribution in [3.05, 3.63) is 58.7 Å². The lowest BCUT2D eigenvalue weighted by atomic mass is 9.85. The maximum Gasteiger partial charge on any atom is 0.258 e. The van der Waals surface area contributed by atoms with Gasteiger partial charge in [0.2, 0.25) is 0 Å². The third-order valence-corrected chi connectivity index (χ3v) is 6.59. The van der Waals surface area contributed by atoms with Gasteiger partial charge < -0.3 is 9.39 Å². The second kappa shape index (κ2) is 7.41. The molecule has 3 nitrogen and oxygen atoms in total. The molecule has 0 saturated carbocycles. The van der Waals surface area contributed by atoms with Crippen molar-refractivity contribution >= 4 is 13.8 Å². The quantitative estimate of drug-likeness (QED) is 0.561. The first-order chi connectivity index (χ1) is 13.4. The van der Waals surface area contributed by atoms with Gasteiger partial charge in [0.25, 0.3) is 8.05 Å². The third kappa shape index (κ3) is 3.93. The lowest BCUT2D eigenvalue weighted by molar-refractivity contribution is -0.131. The molecule has 1 aliphatic rings. The first-order valence-corrected chi connectivity index (χ1v) is 10.4. The summed E-state index contributed by atoms with van der Waals surface area (Å²) in [5.41, 5.74) is 5.15. The highest BCUT2D eigenvalue weighted by Crippen LogP contribution is 2.40. The number of rotatable bonds is 6. The molecule has 0 N–H and O–H groups in total. The van der Waals surface area contributed by atoms with Crippen molar-refractivity contribution in [2.45, 2.75) is 71.5 Å². The van der Waals surface area contributed by atoms with Crippen molar-refractivity contribution in [3.8, 4) is 11.1 Å². The Morgan fingerprint density at radius 1 is 0.862 bits per heavy atom. The molecule has 0 heterocycles. The molecule has 0 unspecified atom stereocenters. The van der Waals surface area contributed by atoms with Crippen LogP contribution in [-0.4, -0.2) is 31.6 Å². The zero-order chi connectivity index (χ0) is 21.6. The van der Waals surface area contributed by atoms with Crippen LogP contribution in [0.15, 0.2) is 36.4 Å². The minimum absolute atomic E-state index is 0.0144. The van der Waals surface area contributed by atoms with Gasteiger partial charge in [0.1, 0.15) is 0 Å². The number of carbonyl (C=O) groups excluding carboxylic acids is 1. The fourth-order valence-corrected chi connectivity index (χ4v) is 3.70. The molecule has 0 fully saturated rings. The molecule has 0 bridgehead atoms. The van der Waals surface area contributed by atoms with Gasteiger partial charge in [-0.15, -0.1) is 0 Å². The van der Waals surface area contributed by atoms with Crippen molar-refractivity contribution in [1.82, 2.24) is 0 Å². The molecular weight excluding hydrogens is 359 g/mol. The summed E-state index contributed by atoms with van der Waals surface area (Å²) >= 11 is 0. The van der Waals surface area contributed by atoms with Gasteiger partial charge >= 0.3 is 0 Å². The van der Waals surface area contributed by atoms with Crippen LogP contribution in [0.25, 0.3) is 11.1 Å². The van der Waals surface area contributed by atoms with Gasteiger partial charge in [-0.3, -0.25) is 4.79 Å². The molecule has 1 aliphatic carbocycles. The Morgan fingerprint density at radius 3 is 2.17 bits per heavy atom. The first kappa shape index (κ1) is 21.8. The highest BCUT2D eigenvalue weighted by Gasteiger charge is 2.37. The first-order valence-electron chi connectivity index (χ1n) is 10.4. The Bertz CT molecular complexity index is 936. The molecule has 154 valence electrons. The van der Waals surface area contributed by atoms with Crippen LogP contribution in [0, 0.1) is 0 Å². The summed E-state index contributed by atoms with van der Waals surface area (Å²) in [4.78, 5) is 13.3. The van der Waals surface area contributed by atoms with E-state index in [0.717, 1.165) is 27.8 Å². The number of hydrogen-bond acceptors (Lipinski definition) is 3. The Labute approximate surface area is 176 Å². The van der Waals surface area contributed by atoms with Crippen molar-refractivity contribution in [1.29, 1.82) is 0 Å². The van der Waals surface area contributed by atoms with Crippen LogP contribution in [0.4, 0.5) is 0 Å². The van der Waals surface area contributed by atoms with E-state index in [1.165, 1.54) is 5.56 Å². The van der Waals surface area contributed by atoms with E-state index in [2.05, 4.69) is 45.0 Å². The van der Waals surface area contributed by atoms with E-state index in [1.807, 2.05) is 39.8 Å². The van der Waals surface area contributed by atoms with Gasteiger partial charge in [-0.05, 0) is 67.9 Å². The molecule has 0 aliphatic heterocycles. The van der Waals surface area contributed by atoms with Gasteiger partial charge in [-0.2, -0.15) is 0 Å². The van der Waals surface area contributed by atoms with Crippen molar-refractivity contribution in [3.63, 3.8) is 0 Å². The highest BCUT2D eigenvalue weighted by atomic mass is 16.5. The van der Waals surface area contributed by atoms with E-state index >= 15 is 0 Å². The average Bonchev–Trinajstić information content (AvgIpc) is 2.94. The van der Waals surface area contributed by atoms with Crippen LogP contribution >= 0.6 is 0 Å². The lowest BCUT2D eigenvalue weighted by Crippen LogP contribution is -2.49. The fraction of sp³-hybridized carbons (Fsp3) is 0.480. The van der Waals surface area contributed by atoms with Crippen molar-refractivity contribution in [2.24, 2.45) is 0 Å². The molecule has 0 saturated heterocycles. The van der Waals surface area contributed by atoms with Gasteiger partial charge in [-0.1, -0.05) is 51.1 Å². The molecule has 0 amide bonds. The monoisotopic (exact) mass is 392 g/mol. The number of carbonyl (C=O) groups is 1. The molecule has 3 rings (SSSR count). The number of ether oxygens (including phenoxy) is 1. The molecule has 0 atom stereocenters. The van der Waals surface area contributed by atoms with Crippen LogP contribution in [0.3, 0.4) is 0 Å². The molecule has 29 heavy (non-hydrogen) atoms. The van der Waals surface area contributed by atoms with E-state index in [1.54, 1.807) is 8.05 Å². The molecule has 0 radical (unpaired) electrons. The van der Waals surface area contributed by atoms with Crippen molar-refractivity contribution < 1.29 is 14.2 Å². The molecule has 0 spiro atoms. The number of hydrogen-bond donors (Lipinski definition) is 0. The summed E-state index contributed by atoms with van der Waals surface area (Å²) in [6.45, 7) is 15.2. The van der Waals surface area contributed by atoms with Gasteiger partial charge in [0, 0.05) is 11.1 Å². The summed E-state index contributed by atoms with van der Waals surface area (Å²) in [6, 6.07) is 12.5. The highest BCUT2D eigenvalue weighted by molar-refractivity contribution is 6.22. The van der Waals surface area contributed by atoms with Crippen LogP contribution in [0.2, 0.25) is 0 Å². The normalized spacial score (nSPS) is 14.1. The SMILES string of the molecule is BOC(C)(C)C(C)(C)OCCc1cccc2c1C(=O)c1cc(C(C)(C)C)ccc1-2. The number of benzene rings is 2. The second-order valence-corrected chi connectivity index (χ2v) is 10.0. The largest absolute Gasteiger partial charge is 0.436 e. The molecule has 2 aromatic rings. The lowest BCUT2D eigenvalue weighted by Gasteiger charge is -2.41. The summed E-state index contributed by atoms with van der Waals surface area (Å²) in [5, 5.41) is 0. The summed E-state index contributed by atoms with van der Waals surface area (Å²) in [5.74, 6) is 0.133. The van der Waals surface area contributed by atoms with Gasteiger partial charge in [0.15, 0.2) is 5.78 Å². The van der Waals surface area contributed by atoms with E-state index < -0.39 is 11.2 Å². The van der Waals surface area contributed by atoms with Gasteiger partial charge in [-0.25, -0.2) is 0 Å². The predicted molar refractivity (Wildman–Crippen MR) is 121 cm³/mol. The van der Waals surface area contributed by atoms with Gasteiger partial charge in [0.05, 0.1) is 17.8 Å². The third-order valence-electron chi connectivity index (χ3n) is 6.59. The second-order valence-electron chi connectivity index (χ2n) is 10.0. The number of fused-ring (bicyclic) bond motifs is 3. The molecule has 4 heteroatoms. The average molecular weight is 392 g/mol. The summed E-state index contributed by atoms with van der Waals surface area (Å²) in [6.07, 6.45) is 0.693. The molecule has 2 aromatic carbocycles. The van der Waals surface area contributed by atoms with E-state index in [-0.39, 0.29) is 11.2 Å². The number of ketones is 1. The standard InChI is InChI=1S/C25H33BO3/c1-23(2,3)17-11-12-18-19-10-8-9-16(21(19)22(27)20(18)15-17)13-14-28-24(4,5)25(6,7)29-26/h8-12,15H,13-14,26H2,1-7H3.